The Morgan fingerprint density at radius 1 is 1.43 bits per heavy atom. The van der Waals surface area contributed by atoms with E-state index in [4.69, 9.17) is 0 Å². The van der Waals surface area contributed by atoms with Crippen LogP contribution in [-0.2, 0) is 16.1 Å². The molecule has 2 aromatic rings. The third-order valence-corrected chi connectivity index (χ3v) is 3.11. The van der Waals surface area contributed by atoms with E-state index in [2.05, 4.69) is 15.2 Å². The molecule has 0 fully saturated rings. The standard InChI is InChI=1S/C13H10F3N3O2/c14-13(15,16)12(20)21-11-10-3-2-9(6-8(10)7-17-11)19-5-1-4-18-19/h1-6,11,17H,7H2. The second-order valence-corrected chi connectivity index (χ2v) is 4.50. The predicted molar refractivity (Wildman–Crippen MR) is 65.3 cm³/mol. The first-order valence-corrected chi connectivity index (χ1v) is 6.09. The molecule has 1 aliphatic rings. The summed E-state index contributed by atoms with van der Waals surface area (Å²) in [5, 5.41) is 6.80. The summed E-state index contributed by atoms with van der Waals surface area (Å²) in [6, 6.07) is 6.88. The van der Waals surface area contributed by atoms with Gasteiger partial charge in [-0.15, -0.1) is 0 Å². The Hall–Kier alpha value is -2.35. The SMILES string of the molecule is O=C(OC1NCc2cc(-n3cccn3)ccc21)C(F)(F)F. The van der Waals surface area contributed by atoms with E-state index in [1.807, 2.05) is 0 Å². The number of alkyl halides is 3. The highest BCUT2D eigenvalue weighted by atomic mass is 19.4. The average Bonchev–Trinajstić information content (AvgIpc) is 3.06. The van der Waals surface area contributed by atoms with Crippen LogP contribution in [0, 0.1) is 0 Å². The minimum atomic E-state index is -5.00. The molecule has 21 heavy (non-hydrogen) atoms. The second-order valence-electron chi connectivity index (χ2n) is 4.50. The van der Waals surface area contributed by atoms with Crippen LogP contribution in [0.4, 0.5) is 13.2 Å². The van der Waals surface area contributed by atoms with Gasteiger partial charge in [-0.1, -0.05) is 6.07 Å². The van der Waals surface area contributed by atoms with Crippen molar-refractivity contribution in [3.05, 3.63) is 47.8 Å². The van der Waals surface area contributed by atoms with Gasteiger partial charge in [0, 0.05) is 24.5 Å². The van der Waals surface area contributed by atoms with Crippen LogP contribution >= 0.6 is 0 Å². The van der Waals surface area contributed by atoms with Crippen LogP contribution < -0.4 is 5.32 Å². The maximum Gasteiger partial charge on any atom is 0.490 e. The number of nitrogens with one attached hydrogen (secondary N) is 1. The van der Waals surface area contributed by atoms with E-state index in [9.17, 15) is 18.0 Å². The fourth-order valence-corrected chi connectivity index (χ4v) is 2.16. The van der Waals surface area contributed by atoms with Crippen molar-refractivity contribution < 1.29 is 22.7 Å². The number of ether oxygens (including phenoxy) is 1. The fraction of sp³-hybridized carbons (Fsp3) is 0.231. The van der Waals surface area contributed by atoms with E-state index in [1.54, 1.807) is 41.3 Å². The maximum atomic E-state index is 12.2. The molecule has 3 rings (SSSR count). The van der Waals surface area contributed by atoms with Crippen molar-refractivity contribution >= 4 is 5.97 Å². The van der Waals surface area contributed by atoms with Gasteiger partial charge in [0.15, 0.2) is 6.23 Å². The lowest BCUT2D eigenvalue weighted by Gasteiger charge is -2.15. The summed E-state index contributed by atoms with van der Waals surface area (Å²) in [5.41, 5.74) is 2.06. The Morgan fingerprint density at radius 2 is 2.24 bits per heavy atom. The highest BCUT2D eigenvalue weighted by Crippen LogP contribution is 2.30. The summed E-state index contributed by atoms with van der Waals surface area (Å²) in [6.07, 6.45) is -2.70. The van der Waals surface area contributed by atoms with Gasteiger partial charge in [-0.25, -0.2) is 9.48 Å². The predicted octanol–water partition coefficient (Wildman–Crippen LogP) is 2.08. The number of fused-ring (bicyclic) bond motifs is 1. The number of hydrogen-bond donors (Lipinski definition) is 1. The minimum absolute atomic E-state index is 0.320. The van der Waals surface area contributed by atoms with Crippen LogP contribution in [0.2, 0.25) is 0 Å². The molecule has 1 N–H and O–H groups in total. The van der Waals surface area contributed by atoms with Gasteiger partial charge in [0.1, 0.15) is 0 Å². The number of rotatable bonds is 2. The molecular weight excluding hydrogens is 287 g/mol. The number of aromatic nitrogens is 2. The molecule has 0 bridgehead atoms. The van der Waals surface area contributed by atoms with Gasteiger partial charge in [-0.2, -0.15) is 18.3 Å². The van der Waals surface area contributed by atoms with Crippen LogP contribution in [-0.4, -0.2) is 21.9 Å². The van der Waals surface area contributed by atoms with E-state index >= 15 is 0 Å². The first-order valence-electron chi connectivity index (χ1n) is 6.09. The molecule has 0 spiro atoms. The number of benzene rings is 1. The lowest BCUT2D eigenvalue weighted by atomic mass is 10.1. The highest BCUT2D eigenvalue weighted by Gasteiger charge is 2.43. The van der Waals surface area contributed by atoms with Gasteiger partial charge >= 0.3 is 12.1 Å². The van der Waals surface area contributed by atoms with E-state index in [-0.39, 0.29) is 0 Å². The lowest BCUT2D eigenvalue weighted by Crippen LogP contribution is -2.30. The van der Waals surface area contributed by atoms with Crippen molar-refractivity contribution in [2.24, 2.45) is 0 Å². The monoisotopic (exact) mass is 297 g/mol. The molecule has 1 aromatic heterocycles. The minimum Gasteiger partial charge on any atom is -0.436 e. The summed E-state index contributed by atoms with van der Waals surface area (Å²) in [7, 11) is 0. The zero-order valence-electron chi connectivity index (χ0n) is 10.6. The Balaban J connectivity index is 1.82. The summed E-state index contributed by atoms with van der Waals surface area (Å²) >= 11 is 0. The largest absolute Gasteiger partial charge is 0.490 e. The van der Waals surface area contributed by atoms with E-state index in [0.29, 0.717) is 12.1 Å². The first kappa shape index (κ1) is 13.6. The molecule has 110 valence electrons. The summed E-state index contributed by atoms with van der Waals surface area (Å²) < 4.78 is 42.7. The Bertz CT molecular complexity index is 668. The topological polar surface area (TPSA) is 56.1 Å². The van der Waals surface area contributed by atoms with Crippen LogP contribution in [0.15, 0.2) is 36.7 Å². The van der Waals surface area contributed by atoms with Crippen molar-refractivity contribution in [2.75, 3.05) is 0 Å². The van der Waals surface area contributed by atoms with Gasteiger partial charge in [0.25, 0.3) is 0 Å². The molecule has 1 atom stereocenters. The zero-order valence-corrected chi connectivity index (χ0v) is 10.6. The number of carbonyl (C=O) groups is 1. The van der Waals surface area contributed by atoms with Crippen molar-refractivity contribution in [2.45, 2.75) is 18.9 Å². The van der Waals surface area contributed by atoms with Gasteiger partial charge in [0.2, 0.25) is 0 Å². The smallest absolute Gasteiger partial charge is 0.436 e. The molecule has 0 radical (unpaired) electrons. The summed E-state index contributed by atoms with van der Waals surface area (Å²) in [6.45, 7) is 0.320. The molecule has 8 heteroatoms. The molecule has 0 saturated heterocycles. The van der Waals surface area contributed by atoms with Crippen molar-refractivity contribution in [1.82, 2.24) is 15.1 Å². The highest BCUT2D eigenvalue weighted by molar-refractivity contribution is 5.76. The van der Waals surface area contributed by atoms with E-state index < -0.39 is 18.4 Å². The van der Waals surface area contributed by atoms with Crippen LogP contribution in [0.25, 0.3) is 5.69 Å². The Morgan fingerprint density at radius 3 is 2.90 bits per heavy atom. The molecule has 1 unspecified atom stereocenters. The summed E-state index contributed by atoms with van der Waals surface area (Å²) in [4.78, 5) is 10.9. The van der Waals surface area contributed by atoms with Crippen molar-refractivity contribution in [3.8, 4) is 5.69 Å². The third kappa shape index (κ3) is 2.62. The quantitative estimate of drug-likeness (QED) is 0.862. The van der Waals surface area contributed by atoms with E-state index in [0.717, 1.165) is 11.3 Å². The molecule has 2 heterocycles. The molecule has 5 nitrogen and oxygen atoms in total. The molecule has 1 aliphatic heterocycles. The maximum absolute atomic E-state index is 12.2. The Labute approximate surface area is 117 Å². The van der Waals surface area contributed by atoms with Crippen molar-refractivity contribution in [3.63, 3.8) is 0 Å². The van der Waals surface area contributed by atoms with Gasteiger partial charge < -0.3 is 4.74 Å². The van der Waals surface area contributed by atoms with Crippen LogP contribution in [0.1, 0.15) is 17.4 Å². The second kappa shape index (κ2) is 4.88. The number of halogens is 3. The van der Waals surface area contributed by atoms with Gasteiger partial charge in [-0.3, -0.25) is 5.32 Å². The fourth-order valence-electron chi connectivity index (χ4n) is 2.16. The molecule has 0 saturated carbocycles. The lowest BCUT2D eigenvalue weighted by molar-refractivity contribution is -0.206. The molecule has 1 aromatic carbocycles. The van der Waals surface area contributed by atoms with Crippen LogP contribution in [0.5, 0.6) is 0 Å². The number of esters is 1. The van der Waals surface area contributed by atoms with Crippen LogP contribution in [0.3, 0.4) is 0 Å². The third-order valence-electron chi connectivity index (χ3n) is 3.11. The molecule has 0 aliphatic carbocycles. The normalized spacial score (nSPS) is 17.6. The first-order chi connectivity index (χ1) is 9.95. The number of hydrogen-bond acceptors (Lipinski definition) is 4. The van der Waals surface area contributed by atoms with E-state index in [1.165, 1.54) is 0 Å². The summed E-state index contributed by atoms with van der Waals surface area (Å²) in [5.74, 6) is -2.20. The average molecular weight is 297 g/mol. The van der Waals surface area contributed by atoms with Crippen molar-refractivity contribution in [1.29, 1.82) is 0 Å². The van der Waals surface area contributed by atoms with Gasteiger partial charge in [-0.05, 0) is 23.8 Å². The molecular formula is C13H10F3N3O2. The van der Waals surface area contributed by atoms with Gasteiger partial charge in [0.05, 0.1) is 5.69 Å². The number of nitrogens with zero attached hydrogens (tertiary/aromatic N) is 2. The molecule has 0 amide bonds. The zero-order chi connectivity index (χ0) is 15.0. The number of carbonyl (C=O) groups excluding carboxylic acids is 1. The Kier molecular flexibility index (Phi) is 3.17.